The molecule has 1 unspecified atom stereocenters. The molecule has 20 heavy (non-hydrogen) atoms. The Kier molecular flexibility index (Phi) is 2.74. The van der Waals surface area contributed by atoms with Gasteiger partial charge in [-0.05, 0) is 34.2 Å². The molecule has 1 atom stereocenters. The average Bonchev–Trinajstić information content (AvgIpc) is 2.77. The summed E-state index contributed by atoms with van der Waals surface area (Å²) in [6.07, 6.45) is 1.08. The Hall–Kier alpha value is -2.05. The lowest BCUT2D eigenvalue weighted by Crippen LogP contribution is -2.08. The second-order valence-corrected chi connectivity index (χ2v) is 5.93. The molecule has 1 heterocycles. The van der Waals surface area contributed by atoms with E-state index in [0.717, 1.165) is 12.5 Å². The van der Waals surface area contributed by atoms with Gasteiger partial charge in [-0.2, -0.15) is 0 Å². The normalized spacial score (nSPS) is 20.1. The lowest BCUT2D eigenvalue weighted by Gasteiger charge is -2.08. The van der Waals surface area contributed by atoms with Crippen LogP contribution in [0.3, 0.4) is 0 Å². The summed E-state index contributed by atoms with van der Waals surface area (Å²) in [5.41, 5.74) is 5.75. The minimum Gasteiger partial charge on any atom is -0.396 e. The number of benzene rings is 1. The van der Waals surface area contributed by atoms with Gasteiger partial charge in [-0.25, -0.2) is 13.5 Å². The van der Waals surface area contributed by atoms with Crippen molar-refractivity contribution in [3.05, 3.63) is 23.8 Å². The van der Waals surface area contributed by atoms with Crippen molar-refractivity contribution in [2.45, 2.75) is 26.8 Å². The summed E-state index contributed by atoms with van der Waals surface area (Å²) >= 11 is 0. The highest BCUT2D eigenvalue weighted by molar-refractivity contribution is 5.62. The topological polar surface area (TPSA) is 69.6 Å². The molecule has 2 N–H and O–H groups in total. The van der Waals surface area contributed by atoms with Crippen molar-refractivity contribution in [2.75, 3.05) is 5.73 Å². The standard InChI is InChI=1S/C13H15F2N5/c1-13(2)5-7(13)6-20-12(17-18-19-20)8-3-11(16)10(15)4-9(8)14/h3-4,7H,5-6,16H2,1-2H3. The molecule has 1 aliphatic carbocycles. The number of halogens is 2. The quantitative estimate of drug-likeness (QED) is 0.875. The molecule has 0 amide bonds. The van der Waals surface area contributed by atoms with Crippen LogP contribution < -0.4 is 5.73 Å². The summed E-state index contributed by atoms with van der Waals surface area (Å²) in [5.74, 6) is -0.765. The molecule has 7 heteroatoms. The van der Waals surface area contributed by atoms with E-state index < -0.39 is 11.6 Å². The molecule has 5 nitrogen and oxygen atoms in total. The summed E-state index contributed by atoms with van der Waals surface area (Å²) in [5, 5.41) is 11.3. The van der Waals surface area contributed by atoms with Gasteiger partial charge in [0.05, 0.1) is 11.3 Å². The lowest BCUT2D eigenvalue weighted by molar-refractivity contribution is 0.466. The average molecular weight is 279 g/mol. The molecule has 3 rings (SSSR count). The van der Waals surface area contributed by atoms with Crippen LogP contribution in [0, 0.1) is 23.0 Å². The highest BCUT2D eigenvalue weighted by Gasteiger charge is 2.46. The zero-order valence-electron chi connectivity index (χ0n) is 11.3. The van der Waals surface area contributed by atoms with E-state index in [4.69, 9.17) is 5.73 Å². The van der Waals surface area contributed by atoms with Crippen LogP contribution in [0.1, 0.15) is 20.3 Å². The van der Waals surface area contributed by atoms with Gasteiger partial charge in [0.25, 0.3) is 0 Å². The molecule has 1 aliphatic rings. The van der Waals surface area contributed by atoms with E-state index >= 15 is 0 Å². The number of nitrogens with zero attached hydrogens (tertiary/aromatic N) is 4. The number of rotatable bonds is 3. The van der Waals surface area contributed by atoms with Gasteiger partial charge >= 0.3 is 0 Å². The highest BCUT2D eigenvalue weighted by Crippen LogP contribution is 2.52. The first kappa shape index (κ1) is 13.0. The van der Waals surface area contributed by atoms with E-state index in [9.17, 15) is 8.78 Å². The Morgan fingerprint density at radius 3 is 2.70 bits per heavy atom. The number of tetrazole rings is 1. The molecule has 1 aromatic carbocycles. The molecular weight excluding hydrogens is 264 g/mol. The second kappa shape index (κ2) is 4.22. The van der Waals surface area contributed by atoms with Crippen LogP contribution in [0.4, 0.5) is 14.5 Å². The first-order valence-electron chi connectivity index (χ1n) is 6.39. The molecule has 2 aromatic rings. The minimum atomic E-state index is -0.784. The number of anilines is 1. The fourth-order valence-corrected chi connectivity index (χ4v) is 2.35. The van der Waals surface area contributed by atoms with Crippen molar-refractivity contribution in [3.8, 4) is 11.4 Å². The zero-order chi connectivity index (χ0) is 14.5. The smallest absolute Gasteiger partial charge is 0.185 e. The molecule has 1 saturated carbocycles. The Morgan fingerprint density at radius 2 is 2.05 bits per heavy atom. The van der Waals surface area contributed by atoms with Gasteiger partial charge in [0.1, 0.15) is 11.6 Å². The maximum atomic E-state index is 13.9. The van der Waals surface area contributed by atoms with Gasteiger partial charge in [0, 0.05) is 12.6 Å². The van der Waals surface area contributed by atoms with Gasteiger partial charge < -0.3 is 5.73 Å². The summed E-state index contributed by atoms with van der Waals surface area (Å²) in [4.78, 5) is 0. The molecular formula is C13H15F2N5. The third-order valence-corrected chi connectivity index (χ3v) is 3.97. The summed E-state index contributed by atoms with van der Waals surface area (Å²) in [7, 11) is 0. The molecule has 1 fully saturated rings. The number of hydrogen-bond donors (Lipinski definition) is 1. The molecule has 106 valence electrons. The molecule has 0 bridgehead atoms. The number of aromatic nitrogens is 4. The van der Waals surface area contributed by atoms with Crippen LogP contribution in [0.2, 0.25) is 0 Å². The van der Waals surface area contributed by atoms with Gasteiger partial charge in [0.15, 0.2) is 5.82 Å². The molecule has 1 aromatic heterocycles. The van der Waals surface area contributed by atoms with E-state index in [2.05, 4.69) is 29.4 Å². The van der Waals surface area contributed by atoms with Gasteiger partial charge in [-0.1, -0.05) is 13.8 Å². The second-order valence-electron chi connectivity index (χ2n) is 5.93. The third-order valence-electron chi connectivity index (χ3n) is 3.97. The van der Waals surface area contributed by atoms with Crippen LogP contribution in [0.15, 0.2) is 12.1 Å². The van der Waals surface area contributed by atoms with E-state index in [1.807, 2.05) is 0 Å². The van der Waals surface area contributed by atoms with E-state index in [1.165, 1.54) is 6.07 Å². The van der Waals surface area contributed by atoms with E-state index in [-0.39, 0.29) is 22.5 Å². The van der Waals surface area contributed by atoms with Crippen molar-refractivity contribution >= 4 is 5.69 Å². The SMILES string of the molecule is CC1(C)CC1Cn1nnnc1-c1cc(N)c(F)cc1F. The molecule has 0 radical (unpaired) electrons. The molecule has 0 saturated heterocycles. The van der Waals surface area contributed by atoms with Crippen LogP contribution in [0.5, 0.6) is 0 Å². The summed E-state index contributed by atoms with van der Waals surface area (Å²) < 4.78 is 28.6. The van der Waals surface area contributed by atoms with Gasteiger partial charge in [-0.15, -0.1) is 5.10 Å². The Labute approximate surface area is 114 Å². The van der Waals surface area contributed by atoms with Crippen LogP contribution in [0.25, 0.3) is 11.4 Å². The van der Waals surface area contributed by atoms with E-state index in [0.29, 0.717) is 12.5 Å². The highest BCUT2D eigenvalue weighted by atomic mass is 19.1. The van der Waals surface area contributed by atoms with Gasteiger partial charge in [-0.3, -0.25) is 0 Å². The van der Waals surface area contributed by atoms with Crippen LogP contribution in [-0.4, -0.2) is 20.2 Å². The van der Waals surface area contributed by atoms with Gasteiger partial charge in [0.2, 0.25) is 0 Å². The van der Waals surface area contributed by atoms with Crippen molar-refractivity contribution in [2.24, 2.45) is 11.3 Å². The van der Waals surface area contributed by atoms with Crippen LogP contribution in [-0.2, 0) is 6.54 Å². The fourth-order valence-electron chi connectivity index (χ4n) is 2.35. The first-order chi connectivity index (χ1) is 9.38. The molecule has 0 spiro atoms. The minimum absolute atomic E-state index is 0.118. The molecule has 0 aliphatic heterocycles. The van der Waals surface area contributed by atoms with Crippen molar-refractivity contribution < 1.29 is 8.78 Å². The Morgan fingerprint density at radius 1 is 1.35 bits per heavy atom. The number of nitrogens with two attached hydrogens (primary N) is 1. The maximum Gasteiger partial charge on any atom is 0.185 e. The first-order valence-corrected chi connectivity index (χ1v) is 6.39. The van der Waals surface area contributed by atoms with Crippen molar-refractivity contribution in [1.29, 1.82) is 0 Å². The number of nitrogen functional groups attached to an aromatic ring is 1. The Bertz CT molecular complexity index is 665. The number of hydrogen-bond acceptors (Lipinski definition) is 4. The largest absolute Gasteiger partial charge is 0.396 e. The fraction of sp³-hybridized carbons (Fsp3) is 0.462. The van der Waals surface area contributed by atoms with Crippen LogP contribution >= 0.6 is 0 Å². The predicted octanol–water partition coefficient (Wildman–Crippen LogP) is 2.25. The van der Waals surface area contributed by atoms with Crippen molar-refractivity contribution in [1.82, 2.24) is 20.2 Å². The summed E-state index contributed by atoms with van der Waals surface area (Å²) in [6, 6.07) is 1.98. The predicted molar refractivity (Wildman–Crippen MR) is 69.5 cm³/mol. The third kappa shape index (κ3) is 2.13. The maximum absolute atomic E-state index is 13.9. The van der Waals surface area contributed by atoms with E-state index in [1.54, 1.807) is 4.68 Å². The Balaban J connectivity index is 1.95. The van der Waals surface area contributed by atoms with Crippen molar-refractivity contribution in [3.63, 3.8) is 0 Å². The monoisotopic (exact) mass is 279 g/mol. The summed E-state index contributed by atoms with van der Waals surface area (Å²) in [6.45, 7) is 4.95. The lowest BCUT2D eigenvalue weighted by atomic mass is 10.1. The zero-order valence-corrected chi connectivity index (χ0v) is 11.3.